The molecular formula is C29H23F7N6OS. The second-order valence-electron chi connectivity index (χ2n) is 11.5. The van der Waals surface area contributed by atoms with Gasteiger partial charge in [-0.25, -0.2) is 17.6 Å². The van der Waals surface area contributed by atoms with Crippen molar-refractivity contribution in [3.63, 3.8) is 0 Å². The minimum atomic E-state index is -5.11. The van der Waals surface area contributed by atoms with E-state index in [-0.39, 0.29) is 70.5 Å². The molecule has 2 aromatic carbocycles. The Hall–Kier alpha value is -3.90. The lowest BCUT2D eigenvalue weighted by molar-refractivity contribution is -0.137. The molecule has 0 bridgehead atoms. The van der Waals surface area contributed by atoms with Gasteiger partial charge in [-0.15, -0.1) is 11.3 Å². The molecule has 2 atom stereocenters. The molecule has 3 fully saturated rings. The van der Waals surface area contributed by atoms with Crippen molar-refractivity contribution in [2.24, 2.45) is 0 Å². The predicted octanol–water partition coefficient (Wildman–Crippen LogP) is 6.38. The summed E-state index contributed by atoms with van der Waals surface area (Å²) in [5, 5.41) is 8.98. The van der Waals surface area contributed by atoms with E-state index >= 15 is 4.39 Å². The van der Waals surface area contributed by atoms with Crippen molar-refractivity contribution < 1.29 is 35.5 Å². The van der Waals surface area contributed by atoms with Crippen LogP contribution in [0, 0.1) is 23.0 Å². The van der Waals surface area contributed by atoms with Gasteiger partial charge in [0.1, 0.15) is 47.2 Å². The number of hydrogen-bond donors (Lipinski definition) is 1. The number of fused-ring (bicyclic) bond motifs is 3. The van der Waals surface area contributed by atoms with Gasteiger partial charge in [0.15, 0.2) is 5.82 Å². The summed E-state index contributed by atoms with van der Waals surface area (Å²) in [6, 6.07) is 3.95. The third-order valence-electron chi connectivity index (χ3n) is 8.76. The molecule has 0 aliphatic carbocycles. The number of hydrogen-bond acceptors (Lipinski definition) is 8. The molecule has 2 unspecified atom stereocenters. The van der Waals surface area contributed by atoms with E-state index in [1.54, 1.807) is 6.07 Å². The fourth-order valence-corrected chi connectivity index (χ4v) is 7.69. The SMILES string of the molecule is N#Cc1c(N)sc2c(F)ccc(-c3c(C(F)(F)F)cc4c(N5CC(F)C5)nc(OCC56CCCN5CC(F)C6)nc4c3F)c12. The quantitative estimate of drug-likeness (QED) is 0.255. The van der Waals surface area contributed by atoms with Gasteiger partial charge in [0, 0.05) is 29.3 Å². The summed E-state index contributed by atoms with van der Waals surface area (Å²) in [4.78, 5) is 11.8. The van der Waals surface area contributed by atoms with E-state index in [0.29, 0.717) is 30.4 Å². The number of ether oxygens (including phenoxy) is 1. The Kier molecular flexibility index (Phi) is 6.60. The second kappa shape index (κ2) is 10.1. The number of nitrogens with zero attached hydrogens (tertiary/aromatic N) is 5. The van der Waals surface area contributed by atoms with Gasteiger partial charge in [0.25, 0.3) is 0 Å². The summed E-state index contributed by atoms with van der Waals surface area (Å²) in [5.41, 5.74) is 1.68. The van der Waals surface area contributed by atoms with Crippen molar-refractivity contribution in [3.8, 4) is 23.2 Å². The zero-order valence-corrected chi connectivity index (χ0v) is 23.6. The fraction of sp³-hybridized carbons (Fsp3) is 0.414. The number of thiophene rings is 1. The first-order valence-electron chi connectivity index (χ1n) is 13.8. The minimum Gasteiger partial charge on any atom is -0.461 e. The van der Waals surface area contributed by atoms with Gasteiger partial charge in [-0.3, -0.25) is 4.90 Å². The van der Waals surface area contributed by atoms with Gasteiger partial charge in [-0.2, -0.15) is 28.4 Å². The van der Waals surface area contributed by atoms with Gasteiger partial charge >= 0.3 is 12.2 Å². The lowest BCUT2D eigenvalue weighted by Gasteiger charge is -2.36. The maximum atomic E-state index is 16.6. The molecule has 7 nitrogen and oxygen atoms in total. The van der Waals surface area contributed by atoms with E-state index in [4.69, 9.17) is 10.5 Å². The van der Waals surface area contributed by atoms with Crippen LogP contribution < -0.4 is 15.4 Å². The summed E-state index contributed by atoms with van der Waals surface area (Å²) in [6.45, 7) is 0.533. The topological polar surface area (TPSA) is 91.3 Å². The molecule has 0 amide bonds. The molecule has 3 aliphatic heterocycles. The molecule has 2 aromatic heterocycles. The maximum absolute atomic E-state index is 16.6. The van der Waals surface area contributed by atoms with Crippen molar-refractivity contribution in [1.29, 1.82) is 5.26 Å². The number of alkyl halides is 5. The van der Waals surface area contributed by atoms with Crippen LogP contribution in [0.25, 0.3) is 32.1 Å². The average molecular weight is 637 g/mol. The molecule has 2 N–H and O–H groups in total. The van der Waals surface area contributed by atoms with Crippen LogP contribution >= 0.6 is 11.3 Å². The second-order valence-corrected chi connectivity index (χ2v) is 12.5. The highest BCUT2D eigenvalue weighted by atomic mass is 32.1. The highest BCUT2D eigenvalue weighted by molar-refractivity contribution is 7.23. The van der Waals surface area contributed by atoms with Crippen molar-refractivity contribution >= 4 is 43.1 Å². The summed E-state index contributed by atoms with van der Waals surface area (Å²) in [7, 11) is 0. The Morgan fingerprint density at radius 2 is 1.91 bits per heavy atom. The van der Waals surface area contributed by atoms with Crippen LogP contribution in [0.15, 0.2) is 18.2 Å². The highest BCUT2D eigenvalue weighted by Crippen LogP contribution is 2.48. The number of halogens is 7. The Bertz CT molecular complexity index is 1870. The number of nitrogen functional groups attached to an aromatic ring is 1. The molecule has 3 saturated heterocycles. The monoisotopic (exact) mass is 636 g/mol. The first-order valence-corrected chi connectivity index (χ1v) is 14.6. The number of anilines is 2. The molecule has 0 saturated carbocycles. The Labute approximate surface area is 249 Å². The van der Waals surface area contributed by atoms with Crippen LogP contribution in [0.1, 0.15) is 30.4 Å². The highest BCUT2D eigenvalue weighted by Gasteiger charge is 2.49. The number of rotatable bonds is 5. The zero-order valence-electron chi connectivity index (χ0n) is 22.8. The standard InChI is InChI=1S/C29H23F7N6OS/c30-13-7-28(4-1-5-42(28)11-13)12-43-27-39-23-16(26(40-27)41-9-14(31)10-41)6-18(29(34,35)36)21(22(23)33)15-2-3-19(32)24-20(15)17(8-37)25(38)44-24/h2-3,6,13-14H,1,4-5,7,9-12,38H2. The van der Waals surface area contributed by atoms with Crippen LogP contribution in [-0.2, 0) is 6.18 Å². The molecular weight excluding hydrogens is 613 g/mol. The van der Waals surface area contributed by atoms with E-state index < -0.39 is 57.9 Å². The van der Waals surface area contributed by atoms with Crippen molar-refractivity contribution in [2.45, 2.75) is 43.3 Å². The number of nitrogens with two attached hydrogens (primary N) is 1. The number of benzene rings is 2. The van der Waals surface area contributed by atoms with Crippen LogP contribution in [-0.4, -0.2) is 65.5 Å². The lowest BCUT2D eigenvalue weighted by Crippen LogP contribution is -2.49. The first kappa shape index (κ1) is 28.8. The van der Waals surface area contributed by atoms with Crippen LogP contribution in [0.3, 0.4) is 0 Å². The predicted molar refractivity (Wildman–Crippen MR) is 150 cm³/mol. The molecule has 5 heterocycles. The van der Waals surface area contributed by atoms with Gasteiger partial charge in [-0.05, 0) is 37.1 Å². The lowest BCUT2D eigenvalue weighted by atomic mass is 9.92. The molecule has 44 heavy (non-hydrogen) atoms. The molecule has 15 heteroatoms. The maximum Gasteiger partial charge on any atom is 0.417 e. The van der Waals surface area contributed by atoms with E-state index in [0.717, 1.165) is 18.6 Å². The summed E-state index contributed by atoms with van der Waals surface area (Å²) >= 11 is 0.665. The van der Waals surface area contributed by atoms with Crippen molar-refractivity contribution in [2.75, 3.05) is 43.4 Å². The summed E-state index contributed by atoms with van der Waals surface area (Å²) in [6.07, 6.45) is -5.71. The molecule has 230 valence electrons. The smallest absolute Gasteiger partial charge is 0.417 e. The number of nitriles is 1. The van der Waals surface area contributed by atoms with E-state index in [2.05, 4.69) is 9.97 Å². The van der Waals surface area contributed by atoms with Crippen molar-refractivity contribution in [1.82, 2.24) is 14.9 Å². The third-order valence-corrected chi connectivity index (χ3v) is 9.79. The summed E-state index contributed by atoms with van der Waals surface area (Å²) in [5.74, 6) is -2.39. The minimum absolute atomic E-state index is 0.0302. The van der Waals surface area contributed by atoms with Crippen molar-refractivity contribution in [3.05, 3.63) is 41.0 Å². The van der Waals surface area contributed by atoms with E-state index in [1.165, 1.54) is 4.90 Å². The van der Waals surface area contributed by atoms with Gasteiger partial charge < -0.3 is 15.4 Å². The Balaban J connectivity index is 1.44. The van der Waals surface area contributed by atoms with Crippen LogP contribution in [0.4, 0.5) is 41.6 Å². The third kappa shape index (κ3) is 4.41. The fourth-order valence-electron chi connectivity index (χ4n) is 6.74. The molecule has 3 aliphatic rings. The first-order chi connectivity index (χ1) is 20.9. The van der Waals surface area contributed by atoms with Gasteiger partial charge in [-0.1, -0.05) is 6.07 Å². The summed E-state index contributed by atoms with van der Waals surface area (Å²) < 4.78 is 109. The largest absolute Gasteiger partial charge is 0.461 e. The van der Waals surface area contributed by atoms with Crippen LogP contribution in [0.5, 0.6) is 6.01 Å². The van der Waals surface area contributed by atoms with Gasteiger partial charge in [0.05, 0.1) is 34.5 Å². The average Bonchev–Trinajstić information content (AvgIpc) is 3.59. The van der Waals surface area contributed by atoms with E-state index in [9.17, 15) is 31.6 Å². The molecule has 7 rings (SSSR count). The molecule has 0 spiro atoms. The van der Waals surface area contributed by atoms with E-state index in [1.807, 2.05) is 4.90 Å². The molecule has 4 aromatic rings. The Morgan fingerprint density at radius 3 is 2.61 bits per heavy atom. The van der Waals surface area contributed by atoms with Gasteiger partial charge in [0.2, 0.25) is 0 Å². The number of aromatic nitrogens is 2. The zero-order chi connectivity index (χ0) is 31.1. The normalized spacial score (nSPS) is 22.5. The Morgan fingerprint density at radius 1 is 1.14 bits per heavy atom. The van der Waals surface area contributed by atoms with Crippen LogP contribution in [0.2, 0.25) is 0 Å². The molecule has 0 radical (unpaired) electrons.